The number of para-hydroxylation sites is 1. The van der Waals surface area contributed by atoms with Crippen molar-refractivity contribution in [3.8, 4) is 5.75 Å². The van der Waals surface area contributed by atoms with Gasteiger partial charge in [0, 0.05) is 19.8 Å². The third kappa shape index (κ3) is 3.96. The van der Waals surface area contributed by atoms with Crippen LogP contribution in [-0.4, -0.2) is 32.8 Å². The molecule has 1 heterocycles. The predicted octanol–water partition coefficient (Wildman–Crippen LogP) is 2.24. The summed E-state index contributed by atoms with van der Waals surface area (Å²) in [6.07, 6.45) is 3.22. The van der Waals surface area contributed by atoms with Crippen molar-refractivity contribution in [2.45, 2.75) is 19.3 Å². The minimum Gasteiger partial charge on any atom is -0.496 e. The van der Waals surface area contributed by atoms with E-state index in [4.69, 9.17) is 9.47 Å². The van der Waals surface area contributed by atoms with E-state index in [-0.39, 0.29) is 5.91 Å². The van der Waals surface area contributed by atoms with Crippen LogP contribution in [0.5, 0.6) is 5.75 Å². The van der Waals surface area contributed by atoms with Crippen LogP contribution in [-0.2, 0) is 4.74 Å². The minimum atomic E-state index is -0.0653. The maximum atomic E-state index is 12.1. The number of nitrogens with one attached hydrogen (secondary N) is 1. The van der Waals surface area contributed by atoms with Crippen molar-refractivity contribution in [2.24, 2.45) is 5.92 Å². The first kappa shape index (κ1) is 13.9. The van der Waals surface area contributed by atoms with Gasteiger partial charge in [-0.25, -0.2) is 0 Å². The normalized spacial score (nSPS) is 16.1. The predicted molar refractivity (Wildman–Crippen MR) is 73.5 cm³/mol. The Hall–Kier alpha value is -1.55. The zero-order valence-electron chi connectivity index (χ0n) is 11.4. The highest BCUT2D eigenvalue weighted by atomic mass is 16.5. The number of benzene rings is 1. The second-order valence-electron chi connectivity index (χ2n) is 4.80. The van der Waals surface area contributed by atoms with Crippen LogP contribution in [0.15, 0.2) is 24.3 Å². The van der Waals surface area contributed by atoms with Gasteiger partial charge < -0.3 is 14.8 Å². The molecular formula is C15H21NO3. The summed E-state index contributed by atoms with van der Waals surface area (Å²) in [6.45, 7) is 2.41. The van der Waals surface area contributed by atoms with Crippen LogP contribution in [0.1, 0.15) is 29.6 Å². The van der Waals surface area contributed by atoms with Crippen LogP contribution in [0.25, 0.3) is 0 Å². The number of rotatable bonds is 5. The molecule has 104 valence electrons. The Bertz CT molecular complexity index is 414. The molecule has 1 aromatic rings. The fourth-order valence-corrected chi connectivity index (χ4v) is 2.35. The quantitative estimate of drug-likeness (QED) is 0.886. The molecule has 1 aromatic carbocycles. The lowest BCUT2D eigenvalue weighted by molar-refractivity contribution is 0.0636. The van der Waals surface area contributed by atoms with Crippen molar-refractivity contribution in [1.82, 2.24) is 5.32 Å². The molecule has 4 nitrogen and oxygen atoms in total. The van der Waals surface area contributed by atoms with E-state index >= 15 is 0 Å². The van der Waals surface area contributed by atoms with Gasteiger partial charge in [-0.3, -0.25) is 4.79 Å². The van der Waals surface area contributed by atoms with E-state index in [2.05, 4.69) is 5.32 Å². The first-order valence-electron chi connectivity index (χ1n) is 6.80. The molecule has 0 bridgehead atoms. The summed E-state index contributed by atoms with van der Waals surface area (Å²) in [6, 6.07) is 7.28. The average molecular weight is 263 g/mol. The Kier molecular flexibility index (Phi) is 5.21. The van der Waals surface area contributed by atoms with Crippen LogP contribution in [0.4, 0.5) is 0 Å². The van der Waals surface area contributed by atoms with Crippen LogP contribution in [0.3, 0.4) is 0 Å². The van der Waals surface area contributed by atoms with Crippen LogP contribution in [0, 0.1) is 5.92 Å². The number of hydrogen-bond acceptors (Lipinski definition) is 3. The van der Waals surface area contributed by atoms with E-state index in [1.54, 1.807) is 19.2 Å². The van der Waals surface area contributed by atoms with Crippen LogP contribution >= 0.6 is 0 Å². The van der Waals surface area contributed by atoms with Gasteiger partial charge in [0.15, 0.2) is 0 Å². The lowest BCUT2D eigenvalue weighted by Gasteiger charge is -2.21. The third-order valence-electron chi connectivity index (χ3n) is 3.53. The summed E-state index contributed by atoms with van der Waals surface area (Å²) in [7, 11) is 1.58. The fraction of sp³-hybridized carbons (Fsp3) is 0.533. The fourth-order valence-electron chi connectivity index (χ4n) is 2.35. The summed E-state index contributed by atoms with van der Waals surface area (Å²) in [5.74, 6) is 1.22. The SMILES string of the molecule is COc1ccccc1C(=O)NCCC1CCOCC1. The second-order valence-corrected chi connectivity index (χ2v) is 4.80. The largest absolute Gasteiger partial charge is 0.496 e. The van der Waals surface area contributed by atoms with E-state index in [0.717, 1.165) is 32.5 Å². The molecule has 0 saturated carbocycles. The maximum Gasteiger partial charge on any atom is 0.255 e. The molecular weight excluding hydrogens is 242 g/mol. The number of ether oxygens (including phenoxy) is 2. The summed E-state index contributed by atoms with van der Waals surface area (Å²) in [5.41, 5.74) is 0.594. The van der Waals surface area contributed by atoms with Gasteiger partial charge in [0.2, 0.25) is 0 Å². The molecule has 0 atom stereocenters. The Labute approximate surface area is 114 Å². The van der Waals surface area contributed by atoms with Crippen LogP contribution in [0.2, 0.25) is 0 Å². The maximum absolute atomic E-state index is 12.1. The number of carbonyl (C=O) groups excluding carboxylic acids is 1. The first-order chi connectivity index (χ1) is 9.31. The molecule has 1 N–H and O–H groups in total. The minimum absolute atomic E-state index is 0.0653. The zero-order chi connectivity index (χ0) is 13.5. The molecule has 0 aromatic heterocycles. The molecule has 4 heteroatoms. The van der Waals surface area contributed by atoms with Gasteiger partial charge in [-0.1, -0.05) is 12.1 Å². The van der Waals surface area contributed by atoms with Gasteiger partial charge in [0.1, 0.15) is 5.75 Å². The van der Waals surface area contributed by atoms with Gasteiger partial charge in [-0.2, -0.15) is 0 Å². The van der Waals surface area contributed by atoms with Gasteiger partial charge in [0.05, 0.1) is 12.7 Å². The Morgan fingerprint density at radius 1 is 1.37 bits per heavy atom. The molecule has 1 saturated heterocycles. The summed E-state index contributed by atoms with van der Waals surface area (Å²) < 4.78 is 10.5. The average Bonchev–Trinajstić information content (AvgIpc) is 2.48. The molecule has 2 rings (SSSR count). The summed E-state index contributed by atoms with van der Waals surface area (Å²) in [5, 5.41) is 2.96. The van der Waals surface area contributed by atoms with Crippen molar-refractivity contribution in [1.29, 1.82) is 0 Å². The molecule has 1 fully saturated rings. The van der Waals surface area contributed by atoms with Gasteiger partial charge in [-0.05, 0) is 37.3 Å². The number of hydrogen-bond donors (Lipinski definition) is 1. The molecule has 1 aliphatic rings. The van der Waals surface area contributed by atoms with Gasteiger partial charge >= 0.3 is 0 Å². The summed E-state index contributed by atoms with van der Waals surface area (Å²) in [4.78, 5) is 12.1. The van der Waals surface area contributed by atoms with Gasteiger partial charge in [-0.15, -0.1) is 0 Å². The highest BCUT2D eigenvalue weighted by molar-refractivity contribution is 5.96. The number of carbonyl (C=O) groups is 1. The van der Waals surface area contributed by atoms with E-state index in [1.807, 2.05) is 12.1 Å². The van der Waals surface area contributed by atoms with Crippen molar-refractivity contribution >= 4 is 5.91 Å². The monoisotopic (exact) mass is 263 g/mol. The summed E-state index contributed by atoms with van der Waals surface area (Å²) >= 11 is 0. The molecule has 1 aliphatic heterocycles. The zero-order valence-corrected chi connectivity index (χ0v) is 11.4. The van der Waals surface area contributed by atoms with Crippen molar-refractivity contribution in [2.75, 3.05) is 26.9 Å². The van der Waals surface area contributed by atoms with Crippen molar-refractivity contribution < 1.29 is 14.3 Å². The number of amides is 1. The van der Waals surface area contributed by atoms with Crippen LogP contribution < -0.4 is 10.1 Å². The molecule has 19 heavy (non-hydrogen) atoms. The first-order valence-corrected chi connectivity index (χ1v) is 6.80. The van der Waals surface area contributed by atoms with Crippen molar-refractivity contribution in [3.63, 3.8) is 0 Å². The molecule has 0 unspecified atom stereocenters. The molecule has 0 aliphatic carbocycles. The lowest BCUT2D eigenvalue weighted by atomic mass is 9.97. The van der Waals surface area contributed by atoms with E-state index in [9.17, 15) is 4.79 Å². The second kappa shape index (κ2) is 7.14. The Morgan fingerprint density at radius 3 is 2.84 bits per heavy atom. The highest BCUT2D eigenvalue weighted by Crippen LogP contribution is 2.19. The van der Waals surface area contributed by atoms with E-state index in [0.29, 0.717) is 23.8 Å². The topological polar surface area (TPSA) is 47.6 Å². The standard InChI is InChI=1S/C15H21NO3/c1-18-14-5-3-2-4-13(14)15(17)16-9-6-12-7-10-19-11-8-12/h2-5,12H,6-11H2,1H3,(H,16,17). The molecule has 0 spiro atoms. The lowest BCUT2D eigenvalue weighted by Crippen LogP contribution is -2.27. The Morgan fingerprint density at radius 2 is 2.11 bits per heavy atom. The molecule has 0 radical (unpaired) electrons. The molecule has 1 amide bonds. The van der Waals surface area contributed by atoms with E-state index < -0.39 is 0 Å². The Balaban J connectivity index is 1.80. The van der Waals surface area contributed by atoms with Gasteiger partial charge in [0.25, 0.3) is 5.91 Å². The number of methoxy groups -OCH3 is 1. The van der Waals surface area contributed by atoms with E-state index in [1.165, 1.54) is 0 Å². The highest BCUT2D eigenvalue weighted by Gasteiger charge is 2.15. The van der Waals surface area contributed by atoms with Crippen molar-refractivity contribution in [3.05, 3.63) is 29.8 Å². The smallest absolute Gasteiger partial charge is 0.255 e. The third-order valence-corrected chi connectivity index (χ3v) is 3.53.